The van der Waals surface area contributed by atoms with Gasteiger partial charge >= 0.3 is 17.3 Å². The maximum absolute atomic E-state index is 11.1. The predicted molar refractivity (Wildman–Crippen MR) is 44.3 cm³/mol. The molecule has 1 heterocycles. The molecule has 12 nitrogen and oxygen atoms in total. The molecule has 0 aromatic carbocycles. The maximum atomic E-state index is 11.1. The van der Waals surface area contributed by atoms with Crippen molar-refractivity contribution in [3.05, 3.63) is 35.6 Å². The Morgan fingerprint density at radius 3 is 1.88 bits per heavy atom. The van der Waals surface area contributed by atoms with E-state index >= 15 is 0 Å². The highest BCUT2D eigenvalue weighted by atomic mass is 16.7. The van der Waals surface area contributed by atoms with Gasteiger partial charge in [0.05, 0.1) is 9.77 Å². The molecule has 0 atom stereocenters. The Hall–Kier alpha value is -2.79. The van der Waals surface area contributed by atoms with E-state index in [9.17, 15) is 35.6 Å². The fourth-order valence-electron chi connectivity index (χ4n) is 1.10. The number of nitro groups is 3. The predicted octanol–water partition coefficient (Wildman–Crippen LogP) is -0.617. The summed E-state index contributed by atoms with van der Waals surface area (Å²) in [5, 5.41) is 42.4. The van der Waals surface area contributed by atoms with Crippen LogP contribution in [0.25, 0.3) is 0 Å². The Balaban J connectivity index is 3.76. The average Bonchev–Trinajstić information content (AvgIpc) is 2.39. The molecule has 16 heavy (non-hydrogen) atoms. The number of hydrogen-bond donors (Lipinski definition) is 0. The zero-order chi connectivity index (χ0) is 12.6. The largest absolute Gasteiger partial charge is 0.642 e. The van der Waals surface area contributed by atoms with Gasteiger partial charge in [-0.3, -0.25) is 20.2 Å². The van der Waals surface area contributed by atoms with E-state index in [1.165, 1.54) is 0 Å². The third-order valence-electron chi connectivity index (χ3n) is 1.71. The molecule has 0 amide bonds. The van der Waals surface area contributed by atoms with Gasteiger partial charge in [-0.15, -0.1) is 0 Å². The minimum Gasteiger partial charge on any atom is -0.574 e. The van der Waals surface area contributed by atoms with Gasteiger partial charge in [0.2, 0.25) is 0 Å². The van der Waals surface area contributed by atoms with Crippen LogP contribution in [0.2, 0.25) is 0 Å². The first-order valence-electron chi connectivity index (χ1n) is 3.54. The number of rotatable bonds is 3. The second kappa shape index (κ2) is 3.41. The highest BCUT2D eigenvalue weighted by Gasteiger charge is 2.52. The van der Waals surface area contributed by atoms with Gasteiger partial charge in [0, 0.05) is 4.68 Å². The highest BCUT2D eigenvalue weighted by molar-refractivity contribution is 5.56. The van der Waals surface area contributed by atoms with E-state index in [0.29, 0.717) is 0 Å². The van der Waals surface area contributed by atoms with Crippen LogP contribution in [0.15, 0.2) is 0 Å². The fourth-order valence-corrected chi connectivity index (χ4v) is 1.10. The number of nitrogens with zero attached hydrogens (tertiary/aromatic N) is 5. The summed E-state index contributed by atoms with van der Waals surface area (Å²) in [5.41, 5.74) is -1.44. The van der Waals surface area contributed by atoms with Crippen LogP contribution < -0.4 is 4.85 Å². The summed E-state index contributed by atoms with van der Waals surface area (Å²) in [7, 11) is 0.811. The summed E-state index contributed by atoms with van der Waals surface area (Å²) in [4.78, 5) is 26.8. The molecule has 0 radical (unpaired) electrons. The summed E-state index contributed by atoms with van der Waals surface area (Å²) in [5.74, 6) is -2.73. The quantitative estimate of drug-likeness (QED) is 0.290. The number of hydrogen-bond acceptors (Lipinski definition) is 7. The van der Waals surface area contributed by atoms with E-state index in [2.05, 4.69) is 0 Å². The lowest BCUT2D eigenvalue weighted by molar-refractivity contribution is -0.734. The minimum absolute atomic E-state index is 0.177. The summed E-state index contributed by atoms with van der Waals surface area (Å²) >= 11 is 0. The zero-order valence-corrected chi connectivity index (χ0v) is 7.59. The Labute approximate surface area is 85.3 Å². The van der Waals surface area contributed by atoms with Gasteiger partial charge < -0.3 is 15.3 Å². The Morgan fingerprint density at radius 2 is 1.56 bits per heavy atom. The van der Waals surface area contributed by atoms with Crippen molar-refractivity contribution >= 4 is 17.3 Å². The third kappa shape index (κ3) is 1.37. The molecule has 1 aromatic heterocycles. The molecular weight excluding hydrogens is 230 g/mol. The van der Waals surface area contributed by atoms with Crippen LogP contribution in [0.1, 0.15) is 0 Å². The minimum atomic E-state index is -1.49. The molecule has 0 unspecified atom stereocenters. The molecule has 0 aliphatic heterocycles. The van der Waals surface area contributed by atoms with Gasteiger partial charge in [-0.25, -0.2) is 0 Å². The normalized spacial score (nSPS) is 10.1. The Bertz CT molecular complexity index is 466. The first-order chi connectivity index (χ1) is 7.29. The second-order valence-corrected chi connectivity index (χ2v) is 2.56. The molecule has 12 heteroatoms. The maximum Gasteiger partial charge on any atom is 0.642 e. The van der Waals surface area contributed by atoms with Crippen molar-refractivity contribution in [1.29, 1.82) is 0 Å². The zero-order valence-electron chi connectivity index (χ0n) is 7.59. The van der Waals surface area contributed by atoms with Crippen molar-refractivity contribution in [1.82, 2.24) is 4.68 Å². The van der Waals surface area contributed by atoms with Gasteiger partial charge in [0.15, 0.2) is 0 Å². The molecule has 0 N–H and O–H groups in total. The van der Waals surface area contributed by atoms with Crippen molar-refractivity contribution in [3.63, 3.8) is 0 Å². The molecule has 0 aliphatic rings. The van der Waals surface area contributed by atoms with Crippen LogP contribution in [0, 0.1) is 35.6 Å². The summed E-state index contributed by atoms with van der Waals surface area (Å²) in [6, 6.07) is 0. The van der Waals surface area contributed by atoms with Crippen LogP contribution in [-0.4, -0.2) is 19.5 Å². The lowest BCUT2D eigenvalue weighted by Crippen LogP contribution is -2.37. The Morgan fingerprint density at radius 1 is 1.06 bits per heavy atom. The Kier molecular flexibility index (Phi) is 2.41. The topological polar surface area (TPSA) is 161 Å². The van der Waals surface area contributed by atoms with Crippen LogP contribution in [0.4, 0.5) is 17.3 Å². The van der Waals surface area contributed by atoms with Crippen LogP contribution in [0.3, 0.4) is 0 Å². The lowest BCUT2D eigenvalue weighted by Gasteiger charge is -1.89. The first kappa shape index (κ1) is 11.3. The van der Waals surface area contributed by atoms with Crippen molar-refractivity contribution in [2.24, 2.45) is 7.05 Å². The van der Waals surface area contributed by atoms with Gasteiger partial charge in [-0.1, -0.05) is 0 Å². The van der Waals surface area contributed by atoms with E-state index in [4.69, 9.17) is 0 Å². The highest BCUT2D eigenvalue weighted by Crippen LogP contribution is 2.33. The van der Waals surface area contributed by atoms with Crippen LogP contribution in [0.5, 0.6) is 0 Å². The van der Waals surface area contributed by atoms with Crippen LogP contribution >= 0.6 is 0 Å². The summed E-state index contributed by atoms with van der Waals surface area (Å²) < 4.78 is 0.177. The van der Waals surface area contributed by atoms with E-state index in [0.717, 1.165) is 7.05 Å². The average molecular weight is 233 g/mol. The summed E-state index contributed by atoms with van der Waals surface area (Å²) in [6.45, 7) is 0. The molecule has 86 valence electrons. The van der Waals surface area contributed by atoms with E-state index in [1.807, 2.05) is 0 Å². The van der Waals surface area contributed by atoms with Crippen molar-refractivity contribution < 1.29 is 19.6 Å². The molecule has 1 rings (SSSR count). The molecule has 0 aliphatic carbocycles. The second-order valence-electron chi connectivity index (χ2n) is 2.56. The van der Waals surface area contributed by atoms with Crippen LogP contribution in [-0.2, 0) is 7.05 Å². The molecule has 0 fully saturated rings. The van der Waals surface area contributed by atoms with Crippen molar-refractivity contribution in [2.75, 3.05) is 0 Å². The molecule has 0 saturated heterocycles. The van der Waals surface area contributed by atoms with Gasteiger partial charge in [0.1, 0.15) is 12.0 Å². The molecule has 0 saturated carbocycles. The lowest BCUT2D eigenvalue weighted by atomic mass is 10.5. The van der Waals surface area contributed by atoms with E-state index in [1.54, 1.807) is 0 Å². The van der Waals surface area contributed by atoms with E-state index < -0.39 is 36.9 Å². The number of aromatic nitrogens is 2. The molecule has 0 spiro atoms. The molecule has 0 bridgehead atoms. The van der Waals surface area contributed by atoms with Gasteiger partial charge in [-0.05, 0) is 4.92 Å². The monoisotopic (exact) mass is 233 g/mol. The fraction of sp³-hybridized carbons (Fsp3) is 0.250. The van der Waals surface area contributed by atoms with Crippen molar-refractivity contribution in [2.45, 2.75) is 0 Å². The van der Waals surface area contributed by atoms with Gasteiger partial charge in [-0.2, -0.15) is 0 Å². The standard InChI is InChI=1S/C4H3N5O7/c1-5-3(8(13)14)2(7(11)12)4(6(5)10)9(15)16/h1H3. The SMILES string of the molecule is Cn1c([N+](=O)[O-])c([N+](=O)[O-])c([N+](=O)[O-])[n+]1[O-]. The molecule has 1 aromatic rings. The summed E-state index contributed by atoms with van der Waals surface area (Å²) in [6.07, 6.45) is 0. The van der Waals surface area contributed by atoms with Crippen molar-refractivity contribution in [3.8, 4) is 0 Å². The van der Waals surface area contributed by atoms with E-state index in [-0.39, 0.29) is 4.68 Å². The third-order valence-corrected chi connectivity index (χ3v) is 1.71. The smallest absolute Gasteiger partial charge is 0.574 e. The van der Waals surface area contributed by atoms with Gasteiger partial charge in [0.25, 0.3) is 0 Å². The first-order valence-corrected chi connectivity index (χ1v) is 3.54. The molecular formula is C4H3N5O7.